The average molecular weight is 370 g/mol. The van der Waals surface area contributed by atoms with E-state index in [1.165, 1.54) is 19.8 Å². The molecule has 27 heavy (non-hydrogen) atoms. The molecule has 0 saturated carbocycles. The normalized spacial score (nSPS) is 10.2. The molecule has 6 nitrogen and oxygen atoms in total. The van der Waals surface area contributed by atoms with Gasteiger partial charge in [-0.3, -0.25) is 9.59 Å². The van der Waals surface area contributed by atoms with Gasteiger partial charge in [-0.15, -0.1) is 0 Å². The SMILES string of the molecule is COc1cccc(OC)c1C(=O)NCCNC(=O)CCc1ccc(C)cc1. The van der Waals surface area contributed by atoms with Crippen molar-refractivity contribution in [2.75, 3.05) is 27.3 Å². The molecule has 0 bridgehead atoms. The largest absolute Gasteiger partial charge is 0.496 e. The molecule has 2 rings (SSSR count). The van der Waals surface area contributed by atoms with Crippen LogP contribution in [0.15, 0.2) is 42.5 Å². The average Bonchev–Trinajstić information content (AvgIpc) is 2.69. The van der Waals surface area contributed by atoms with Crippen LogP contribution in [-0.2, 0) is 11.2 Å². The number of hydrogen-bond acceptors (Lipinski definition) is 4. The molecule has 0 aliphatic heterocycles. The fraction of sp³-hybridized carbons (Fsp3) is 0.333. The van der Waals surface area contributed by atoms with Gasteiger partial charge >= 0.3 is 0 Å². The third-order valence-corrected chi connectivity index (χ3v) is 4.15. The van der Waals surface area contributed by atoms with Crippen molar-refractivity contribution in [3.8, 4) is 11.5 Å². The van der Waals surface area contributed by atoms with Gasteiger partial charge in [0.2, 0.25) is 5.91 Å². The number of aryl methyl sites for hydroxylation is 2. The predicted molar refractivity (Wildman–Crippen MR) is 104 cm³/mol. The van der Waals surface area contributed by atoms with E-state index in [0.717, 1.165) is 5.56 Å². The second-order valence-corrected chi connectivity index (χ2v) is 6.13. The minimum absolute atomic E-state index is 0.0419. The lowest BCUT2D eigenvalue weighted by molar-refractivity contribution is -0.121. The Balaban J connectivity index is 1.75. The number of methoxy groups -OCH3 is 2. The van der Waals surface area contributed by atoms with Crippen LogP contribution in [0.5, 0.6) is 11.5 Å². The molecule has 0 fully saturated rings. The summed E-state index contributed by atoms with van der Waals surface area (Å²) in [5.41, 5.74) is 2.67. The molecule has 2 aromatic rings. The number of amides is 2. The smallest absolute Gasteiger partial charge is 0.258 e. The maximum atomic E-state index is 12.4. The molecule has 144 valence electrons. The first-order valence-corrected chi connectivity index (χ1v) is 8.86. The highest BCUT2D eigenvalue weighted by atomic mass is 16.5. The summed E-state index contributed by atoms with van der Waals surface area (Å²) in [5.74, 6) is 0.529. The lowest BCUT2D eigenvalue weighted by Gasteiger charge is -2.13. The second-order valence-electron chi connectivity index (χ2n) is 6.13. The van der Waals surface area contributed by atoms with E-state index in [1.54, 1.807) is 18.2 Å². The fourth-order valence-electron chi connectivity index (χ4n) is 2.64. The van der Waals surface area contributed by atoms with E-state index in [4.69, 9.17) is 9.47 Å². The zero-order chi connectivity index (χ0) is 19.6. The highest BCUT2D eigenvalue weighted by molar-refractivity contribution is 5.99. The Labute approximate surface area is 159 Å². The minimum atomic E-state index is -0.307. The topological polar surface area (TPSA) is 76.7 Å². The Morgan fingerprint density at radius 3 is 2.07 bits per heavy atom. The van der Waals surface area contributed by atoms with Crippen molar-refractivity contribution in [2.45, 2.75) is 19.8 Å². The summed E-state index contributed by atoms with van der Waals surface area (Å²) >= 11 is 0. The monoisotopic (exact) mass is 370 g/mol. The molecule has 0 radical (unpaired) electrons. The van der Waals surface area contributed by atoms with Crippen LogP contribution in [0.25, 0.3) is 0 Å². The van der Waals surface area contributed by atoms with Crippen LogP contribution in [0.2, 0.25) is 0 Å². The van der Waals surface area contributed by atoms with Gasteiger partial charge < -0.3 is 20.1 Å². The molecule has 0 unspecified atom stereocenters. The van der Waals surface area contributed by atoms with Gasteiger partial charge in [-0.1, -0.05) is 35.9 Å². The zero-order valence-corrected chi connectivity index (χ0v) is 16.0. The van der Waals surface area contributed by atoms with Gasteiger partial charge in [0.1, 0.15) is 17.1 Å². The third kappa shape index (κ3) is 6.02. The first-order valence-electron chi connectivity index (χ1n) is 8.86. The van der Waals surface area contributed by atoms with E-state index in [9.17, 15) is 9.59 Å². The molecule has 0 aliphatic rings. The molecule has 6 heteroatoms. The zero-order valence-electron chi connectivity index (χ0n) is 16.0. The predicted octanol–water partition coefficient (Wildman–Crippen LogP) is 2.49. The van der Waals surface area contributed by atoms with Crippen molar-refractivity contribution < 1.29 is 19.1 Å². The summed E-state index contributed by atoms with van der Waals surface area (Å²) in [6, 6.07) is 13.3. The highest BCUT2D eigenvalue weighted by Gasteiger charge is 2.17. The number of carbonyl (C=O) groups excluding carboxylic acids is 2. The maximum absolute atomic E-state index is 12.4. The number of carbonyl (C=O) groups is 2. The van der Waals surface area contributed by atoms with Gasteiger partial charge in [-0.2, -0.15) is 0 Å². The Morgan fingerprint density at radius 2 is 1.48 bits per heavy atom. The van der Waals surface area contributed by atoms with E-state index < -0.39 is 0 Å². The van der Waals surface area contributed by atoms with Crippen LogP contribution in [0, 0.1) is 6.92 Å². The summed E-state index contributed by atoms with van der Waals surface area (Å²) in [6.45, 7) is 2.71. The second kappa shape index (κ2) is 10.2. The molecule has 0 saturated heterocycles. The number of hydrogen-bond donors (Lipinski definition) is 2. The van der Waals surface area contributed by atoms with Crippen LogP contribution in [0.1, 0.15) is 27.9 Å². The quantitative estimate of drug-likeness (QED) is 0.665. The first-order chi connectivity index (χ1) is 13.0. The van der Waals surface area contributed by atoms with Crippen molar-refractivity contribution >= 4 is 11.8 Å². The van der Waals surface area contributed by atoms with Gasteiger partial charge in [-0.05, 0) is 31.0 Å². The van der Waals surface area contributed by atoms with Crippen LogP contribution < -0.4 is 20.1 Å². The fourth-order valence-corrected chi connectivity index (χ4v) is 2.64. The Morgan fingerprint density at radius 1 is 0.889 bits per heavy atom. The van der Waals surface area contributed by atoms with Gasteiger partial charge in [0.25, 0.3) is 5.91 Å². The lowest BCUT2D eigenvalue weighted by Crippen LogP contribution is -2.35. The molecule has 0 aliphatic carbocycles. The first kappa shape index (κ1) is 20.3. The highest BCUT2D eigenvalue weighted by Crippen LogP contribution is 2.27. The summed E-state index contributed by atoms with van der Waals surface area (Å²) in [6.07, 6.45) is 1.11. The summed E-state index contributed by atoms with van der Waals surface area (Å²) < 4.78 is 10.4. The molecule has 2 aromatic carbocycles. The van der Waals surface area contributed by atoms with Gasteiger partial charge in [-0.25, -0.2) is 0 Å². The van der Waals surface area contributed by atoms with Crippen LogP contribution in [-0.4, -0.2) is 39.1 Å². The number of ether oxygens (including phenoxy) is 2. The Hall–Kier alpha value is -3.02. The molecule has 2 amide bonds. The molecule has 0 aromatic heterocycles. The standard InChI is InChI=1S/C21H26N2O4/c1-15-7-9-16(10-8-15)11-12-19(24)22-13-14-23-21(25)20-17(26-2)5-4-6-18(20)27-3/h4-10H,11-14H2,1-3H3,(H,22,24)(H,23,25). The van der Waals surface area contributed by atoms with Gasteiger partial charge in [0, 0.05) is 19.5 Å². The van der Waals surface area contributed by atoms with Crippen molar-refractivity contribution in [1.82, 2.24) is 10.6 Å². The maximum Gasteiger partial charge on any atom is 0.258 e. The van der Waals surface area contributed by atoms with E-state index >= 15 is 0 Å². The third-order valence-electron chi connectivity index (χ3n) is 4.15. The van der Waals surface area contributed by atoms with Crippen molar-refractivity contribution in [3.63, 3.8) is 0 Å². The molecule has 0 heterocycles. The summed E-state index contributed by atoms with van der Waals surface area (Å²) in [4.78, 5) is 24.3. The Kier molecular flexibility index (Phi) is 7.67. The van der Waals surface area contributed by atoms with Crippen LogP contribution in [0.3, 0.4) is 0 Å². The van der Waals surface area contributed by atoms with Gasteiger partial charge in [0.05, 0.1) is 14.2 Å². The van der Waals surface area contributed by atoms with Crippen LogP contribution in [0.4, 0.5) is 0 Å². The van der Waals surface area contributed by atoms with Gasteiger partial charge in [0.15, 0.2) is 0 Å². The molecule has 0 atom stereocenters. The molecule has 2 N–H and O–H groups in total. The summed E-state index contributed by atoms with van der Waals surface area (Å²) in [7, 11) is 3.00. The van der Waals surface area contributed by atoms with E-state index in [2.05, 4.69) is 10.6 Å². The van der Waals surface area contributed by atoms with E-state index in [1.807, 2.05) is 31.2 Å². The molecular weight excluding hydrogens is 344 g/mol. The molecular formula is C21H26N2O4. The van der Waals surface area contributed by atoms with Crippen LogP contribution >= 0.6 is 0 Å². The van der Waals surface area contributed by atoms with Crippen molar-refractivity contribution in [1.29, 1.82) is 0 Å². The van der Waals surface area contributed by atoms with E-state index in [-0.39, 0.29) is 11.8 Å². The molecule has 0 spiro atoms. The number of rotatable bonds is 9. The summed E-state index contributed by atoms with van der Waals surface area (Å²) in [5, 5.41) is 5.58. The number of nitrogens with one attached hydrogen (secondary N) is 2. The number of benzene rings is 2. The van der Waals surface area contributed by atoms with Crippen molar-refractivity contribution in [2.24, 2.45) is 0 Å². The van der Waals surface area contributed by atoms with Crippen molar-refractivity contribution in [3.05, 3.63) is 59.2 Å². The Bertz CT molecular complexity index is 750. The minimum Gasteiger partial charge on any atom is -0.496 e. The lowest BCUT2D eigenvalue weighted by atomic mass is 10.1. The van der Waals surface area contributed by atoms with E-state index in [0.29, 0.717) is 43.0 Å².